The van der Waals surface area contributed by atoms with Gasteiger partial charge in [0.1, 0.15) is 0 Å². The van der Waals surface area contributed by atoms with Crippen molar-refractivity contribution in [3.05, 3.63) is 0 Å². The Kier molecular flexibility index (Phi) is 7.13. The maximum atomic E-state index is 10.5. The monoisotopic (exact) mass is 237 g/mol. The molecule has 92 valence electrons. The molecule has 0 aromatic heterocycles. The lowest BCUT2D eigenvalue weighted by Crippen LogP contribution is -2.17. The zero-order valence-electron chi connectivity index (χ0n) is 9.90. The normalized spacial score (nSPS) is 14.5. The maximum absolute atomic E-state index is 10.5. The van der Waals surface area contributed by atoms with Gasteiger partial charge in [-0.05, 0) is 18.3 Å². The molecule has 0 saturated carbocycles. The Balaban J connectivity index is 3.45. The summed E-state index contributed by atoms with van der Waals surface area (Å²) in [5, 5.41) is 4.71. The Labute approximate surface area is 93.4 Å². The van der Waals surface area contributed by atoms with Gasteiger partial charge in [0, 0.05) is 0 Å². The molecule has 15 heavy (non-hydrogen) atoms. The molecule has 1 unspecified atom stereocenters. The van der Waals surface area contributed by atoms with E-state index in [2.05, 4.69) is 25.0 Å². The van der Waals surface area contributed by atoms with Crippen LogP contribution in [0.15, 0.2) is 0 Å². The van der Waals surface area contributed by atoms with Crippen LogP contribution >= 0.6 is 0 Å². The highest BCUT2D eigenvalue weighted by Crippen LogP contribution is 2.15. The van der Waals surface area contributed by atoms with Gasteiger partial charge in [-0.25, -0.2) is 5.14 Å². The van der Waals surface area contributed by atoms with Crippen LogP contribution in [0.2, 0.25) is 0 Å². The van der Waals surface area contributed by atoms with E-state index in [1.165, 1.54) is 12.8 Å². The highest BCUT2D eigenvalue weighted by Gasteiger charge is 2.06. The molecule has 0 bridgehead atoms. The Morgan fingerprint density at radius 1 is 1.13 bits per heavy atom. The van der Waals surface area contributed by atoms with Gasteiger partial charge in [-0.15, -0.1) is 0 Å². The minimum absolute atomic E-state index is 0.196. The smallest absolute Gasteiger partial charge is 0.258 e. The Morgan fingerprint density at radius 3 is 2.20 bits per heavy atom. The molecule has 0 aromatic rings. The van der Waals surface area contributed by atoms with Crippen molar-refractivity contribution in [3.8, 4) is 0 Å². The van der Waals surface area contributed by atoms with Gasteiger partial charge in [-0.2, -0.15) is 8.42 Å². The first-order valence-electron chi connectivity index (χ1n) is 5.48. The van der Waals surface area contributed by atoms with Crippen LogP contribution < -0.4 is 5.14 Å². The molecule has 0 heterocycles. The number of hydrogen-bond acceptors (Lipinski definition) is 3. The third kappa shape index (κ3) is 11.8. The van der Waals surface area contributed by atoms with E-state index in [1.807, 2.05) is 0 Å². The Bertz CT molecular complexity index is 249. The average Bonchev–Trinajstić information content (AvgIpc) is 2.00. The van der Waals surface area contributed by atoms with E-state index in [0.29, 0.717) is 5.92 Å². The maximum Gasteiger partial charge on any atom is 0.333 e. The van der Waals surface area contributed by atoms with Crippen LogP contribution in [-0.4, -0.2) is 15.0 Å². The van der Waals surface area contributed by atoms with E-state index < -0.39 is 10.3 Å². The number of nitrogens with two attached hydrogens (primary N) is 1. The van der Waals surface area contributed by atoms with Gasteiger partial charge in [0.05, 0.1) is 6.61 Å². The van der Waals surface area contributed by atoms with Gasteiger partial charge in [0.15, 0.2) is 0 Å². The first-order chi connectivity index (χ1) is 6.81. The van der Waals surface area contributed by atoms with Crippen LogP contribution in [0.25, 0.3) is 0 Å². The van der Waals surface area contributed by atoms with Crippen molar-refractivity contribution in [1.82, 2.24) is 0 Å². The van der Waals surface area contributed by atoms with Gasteiger partial charge in [-0.1, -0.05) is 40.0 Å². The predicted octanol–water partition coefficient (Wildman–Crippen LogP) is 2.06. The van der Waals surface area contributed by atoms with E-state index in [-0.39, 0.29) is 6.61 Å². The second-order valence-corrected chi connectivity index (χ2v) is 5.75. The van der Waals surface area contributed by atoms with Crippen molar-refractivity contribution in [3.63, 3.8) is 0 Å². The van der Waals surface area contributed by atoms with Crippen LogP contribution in [0.5, 0.6) is 0 Å². The quantitative estimate of drug-likeness (QED) is 0.702. The largest absolute Gasteiger partial charge is 0.333 e. The molecule has 0 aliphatic rings. The lowest BCUT2D eigenvalue weighted by Gasteiger charge is -2.11. The van der Waals surface area contributed by atoms with E-state index in [4.69, 9.17) is 5.14 Å². The second kappa shape index (κ2) is 7.19. The molecule has 1 atom stereocenters. The molecule has 0 amide bonds. The van der Waals surface area contributed by atoms with Crippen molar-refractivity contribution < 1.29 is 12.6 Å². The molecule has 0 saturated heterocycles. The standard InChI is InChI=1S/C10H23NO3S/c1-9(2)5-4-6-10(3)7-8-14-15(11,12)13/h9-10H,4-8H2,1-3H3,(H2,11,12,13). The first-order valence-corrected chi connectivity index (χ1v) is 6.95. The van der Waals surface area contributed by atoms with Gasteiger partial charge < -0.3 is 0 Å². The van der Waals surface area contributed by atoms with Crippen molar-refractivity contribution in [1.29, 1.82) is 0 Å². The summed E-state index contributed by atoms with van der Waals surface area (Å²) in [5.74, 6) is 1.23. The molecule has 2 N–H and O–H groups in total. The molecule has 0 aromatic carbocycles. The topological polar surface area (TPSA) is 69.4 Å². The SMILES string of the molecule is CC(C)CCCC(C)CCOS(N)(=O)=O. The molecule has 0 aliphatic carbocycles. The second-order valence-electron chi connectivity index (χ2n) is 4.53. The molecule has 0 rings (SSSR count). The summed E-state index contributed by atoms with van der Waals surface area (Å²) in [7, 11) is -3.75. The third-order valence-corrected chi connectivity index (χ3v) is 2.83. The minimum atomic E-state index is -3.75. The van der Waals surface area contributed by atoms with Crippen LogP contribution in [0.3, 0.4) is 0 Å². The van der Waals surface area contributed by atoms with Crippen molar-refractivity contribution in [2.24, 2.45) is 17.0 Å². The third-order valence-electron chi connectivity index (χ3n) is 2.34. The fourth-order valence-electron chi connectivity index (χ4n) is 1.38. The summed E-state index contributed by atoms with van der Waals surface area (Å²) in [6.45, 7) is 6.71. The van der Waals surface area contributed by atoms with Crippen molar-refractivity contribution in [2.75, 3.05) is 6.61 Å². The summed E-state index contributed by atoms with van der Waals surface area (Å²) in [6.07, 6.45) is 4.27. The first kappa shape index (κ1) is 14.9. The van der Waals surface area contributed by atoms with E-state index in [0.717, 1.165) is 18.8 Å². The fourth-order valence-corrected chi connectivity index (χ4v) is 1.71. The van der Waals surface area contributed by atoms with Gasteiger partial charge >= 0.3 is 10.3 Å². The summed E-state index contributed by atoms with van der Waals surface area (Å²) in [5.41, 5.74) is 0. The molecule has 5 heteroatoms. The summed E-state index contributed by atoms with van der Waals surface area (Å²) < 4.78 is 25.4. The van der Waals surface area contributed by atoms with Crippen molar-refractivity contribution in [2.45, 2.75) is 46.5 Å². The lowest BCUT2D eigenvalue weighted by molar-refractivity contribution is 0.280. The van der Waals surface area contributed by atoms with E-state index in [9.17, 15) is 8.42 Å². The van der Waals surface area contributed by atoms with Gasteiger partial charge in [0.25, 0.3) is 0 Å². The zero-order valence-corrected chi connectivity index (χ0v) is 10.7. The minimum Gasteiger partial charge on any atom is -0.258 e. The van der Waals surface area contributed by atoms with Gasteiger partial charge in [-0.3, -0.25) is 4.18 Å². The Morgan fingerprint density at radius 2 is 1.73 bits per heavy atom. The predicted molar refractivity (Wildman–Crippen MR) is 61.5 cm³/mol. The molecule has 0 aliphatic heterocycles. The number of rotatable bonds is 8. The summed E-state index contributed by atoms with van der Waals surface area (Å²) >= 11 is 0. The number of hydrogen-bond donors (Lipinski definition) is 1. The molecule has 0 fully saturated rings. The molecule has 0 spiro atoms. The lowest BCUT2D eigenvalue weighted by atomic mass is 9.98. The Hall–Kier alpha value is -0.130. The zero-order chi connectivity index (χ0) is 11.9. The highest BCUT2D eigenvalue weighted by molar-refractivity contribution is 7.84. The fraction of sp³-hybridized carbons (Fsp3) is 1.00. The molecule has 4 nitrogen and oxygen atoms in total. The molecular formula is C10H23NO3S. The average molecular weight is 237 g/mol. The van der Waals surface area contributed by atoms with Crippen LogP contribution in [0.4, 0.5) is 0 Å². The van der Waals surface area contributed by atoms with Crippen LogP contribution in [0, 0.1) is 11.8 Å². The van der Waals surface area contributed by atoms with Crippen LogP contribution in [0.1, 0.15) is 46.5 Å². The van der Waals surface area contributed by atoms with Crippen molar-refractivity contribution >= 4 is 10.3 Å². The summed E-state index contributed by atoms with van der Waals surface area (Å²) in [6, 6.07) is 0. The van der Waals surface area contributed by atoms with Gasteiger partial charge in [0.2, 0.25) is 0 Å². The van der Waals surface area contributed by atoms with E-state index >= 15 is 0 Å². The molecule has 0 radical (unpaired) electrons. The van der Waals surface area contributed by atoms with E-state index in [1.54, 1.807) is 0 Å². The molecular weight excluding hydrogens is 214 g/mol. The summed E-state index contributed by atoms with van der Waals surface area (Å²) in [4.78, 5) is 0. The van der Waals surface area contributed by atoms with Crippen LogP contribution in [-0.2, 0) is 14.5 Å². The highest BCUT2D eigenvalue weighted by atomic mass is 32.2.